The fourth-order valence-corrected chi connectivity index (χ4v) is 3.00. The Morgan fingerprint density at radius 1 is 1.36 bits per heavy atom. The van der Waals surface area contributed by atoms with Crippen LogP contribution in [0.5, 0.6) is 0 Å². The maximum absolute atomic E-state index is 11.9. The smallest absolute Gasteiger partial charge is 0.466 e. The molecule has 124 valence electrons. The largest absolute Gasteiger partial charge is 0.490 e. The number of ether oxygens (including phenoxy) is 1. The van der Waals surface area contributed by atoms with Crippen molar-refractivity contribution in [2.75, 3.05) is 6.61 Å². The Morgan fingerprint density at radius 3 is 2.41 bits per heavy atom. The standard InChI is InChI=1S/C17H29BO4/c1-7-20-15(19)12(2)13-8-10-14(11-9-13)18-21-16(3,4)17(5,6)22-18/h10,12-13H,7-9,11H2,1-6H3/t12-,13?/m1/s1. The van der Waals surface area contributed by atoms with E-state index in [1.807, 2.05) is 13.8 Å². The molecule has 1 saturated heterocycles. The molecule has 0 N–H and O–H groups in total. The van der Waals surface area contributed by atoms with Gasteiger partial charge in [-0.15, -0.1) is 0 Å². The van der Waals surface area contributed by atoms with E-state index in [0.29, 0.717) is 12.5 Å². The van der Waals surface area contributed by atoms with Crippen LogP contribution in [0.4, 0.5) is 0 Å². The fraction of sp³-hybridized carbons (Fsp3) is 0.824. The average Bonchev–Trinajstić information content (AvgIpc) is 2.67. The highest BCUT2D eigenvalue weighted by molar-refractivity contribution is 6.54. The van der Waals surface area contributed by atoms with E-state index in [9.17, 15) is 4.79 Å². The van der Waals surface area contributed by atoms with E-state index in [-0.39, 0.29) is 30.2 Å². The molecule has 0 aromatic rings. The third kappa shape index (κ3) is 3.41. The molecule has 1 aliphatic heterocycles. The van der Waals surface area contributed by atoms with Crippen LogP contribution in [0.15, 0.2) is 11.5 Å². The fourth-order valence-electron chi connectivity index (χ4n) is 3.00. The van der Waals surface area contributed by atoms with Crippen molar-refractivity contribution in [3.8, 4) is 0 Å². The zero-order valence-corrected chi connectivity index (χ0v) is 14.8. The van der Waals surface area contributed by atoms with E-state index in [0.717, 1.165) is 19.3 Å². The van der Waals surface area contributed by atoms with E-state index < -0.39 is 0 Å². The van der Waals surface area contributed by atoms with Crippen molar-refractivity contribution < 1.29 is 18.8 Å². The molecule has 1 heterocycles. The lowest BCUT2D eigenvalue weighted by Gasteiger charge is -2.32. The van der Waals surface area contributed by atoms with E-state index in [4.69, 9.17) is 14.0 Å². The minimum Gasteiger partial charge on any atom is -0.466 e. The average molecular weight is 308 g/mol. The van der Waals surface area contributed by atoms with Crippen molar-refractivity contribution in [3.05, 3.63) is 11.5 Å². The van der Waals surface area contributed by atoms with Crippen LogP contribution < -0.4 is 0 Å². The van der Waals surface area contributed by atoms with Gasteiger partial charge in [0.15, 0.2) is 0 Å². The second kappa shape index (κ2) is 6.36. The van der Waals surface area contributed by atoms with Crippen LogP contribution in [0.3, 0.4) is 0 Å². The van der Waals surface area contributed by atoms with Gasteiger partial charge >= 0.3 is 13.1 Å². The van der Waals surface area contributed by atoms with Gasteiger partial charge in [-0.1, -0.05) is 13.0 Å². The summed E-state index contributed by atoms with van der Waals surface area (Å²) in [6, 6.07) is 0. The highest BCUT2D eigenvalue weighted by Gasteiger charge is 2.52. The second-order valence-electron chi connectivity index (χ2n) is 7.44. The lowest BCUT2D eigenvalue weighted by atomic mass is 9.69. The highest BCUT2D eigenvalue weighted by Crippen LogP contribution is 2.41. The van der Waals surface area contributed by atoms with Crippen LogP contribution in [0.2, 0.25) is 0 Å². The Balaban J connectivity index is 1.97. The Hall–Kier alpha value is -0.805. The summed E-state index contributed by atoms with van der Waals surface area (Å²) >= 11 is 0. The first-order valence-corrected chi connectivity index (χ1v) is 8.39. The first-order chi connectivity index (χ1) is 10.2. The lowest BCUT2D eigenvalue weighted by molar-refractivity contribution is -0.149. The molecule has 0 aromatic carbocycles. The van der Waals surface area contributed by atoms with Crippen molar-refractivity contribution in [1.29, 1.82) is 0 Å². The molecule has 2 rings (SSSR count). The zero-order valence-electron chi connectivity index (χ0n) is 14.8. The third-order valence-corrected chi connectivity index (χ3v) is 5.41. The van der Waals surface area contributed by atoms with Gasteiger partial charge in [0.1, 0.15) is 0 Å². The molecule has 2 atom stereocenters. The Labute approximate surface area is 134 Å². The molecule has 4 nitrogen and oxygen atoms in total. The van der Waals surface area contributed by atoms with E-state index in [2.05, 4.69) is 33.8 Å². The van der Waals surface area contributed by atoms with Crippen molar-refractivity contribution in [2.24, 2.45) is 11.8 Å². The summed E-state index contributed by atoms with van der Waals surface area (Å²) in [5, 5.41) is 0. The Bertz CT molecular complexity index is 440. The molecule has 0 amide bonds. The molecule has 0 spiro atoms. The van der Waals surface area contributed by atoms with Gasteiger partial charge in [-0.2, -0.15) is 0 Å². The number of allylic oxidation sites excluding steroid dienone is 2. The summed E-state index contributed by atoms with van der Waals surface area (Å²) in [7, 11) is -0.246. The SMILES string of the molecule is CCOC(=O)[C@H](C)C1CC=C(B2OC(C)(C)C(C)(C)O2)CC1. The molecule has 0 radical (unpaired) electrons. The third-order valence-electron chi connectivity index (χ3n) is 5.41. The Kier molecular flexibility index (Phi) is 5.08. The minimum atomic E-state index is -0.298. The number of hydrogen-bond acceptors (Lipinski definition) is 4. The number of carbonyl (C=O) groups excluding carboxylic acids is 1. The maximum atomic E-state index is 11.9. The molecule has 0 saturated carbocycles. The molecule has 1 fully saturated rings. The van der Waals surface area contributed by atoms with Gasteiger partial charge in [-0.05, 0) is 65.3 Å². The normalized spacial score (nSPS) is 28.2. The number of rotatable bonds is 4. The second-order valence-corrected chi connectivity index (χ2v) is 7.44. The van der Waals surface area contributed by atoms with E-state index >= 15 is 0 Å². The van der Waals surface area contributed by atoms with Gasteiger partial charge in [0.2, 0.25) is 0 Å². The Morgan fingerprint density at radius 2 is 1.95 bits per heavy atom. The summed E-state index contributed by atoms with van der Waals surface area (Å²) in [5.41, 5.74) is 0.618. The summed E-state index contributed by atoms with van der Waals surface area (Å²) < 4.78 is 17.3. The van der Waals surface area contributed by atoms with Gasteiger partial charge in [0.25, 0.3) is 0 Å². The predicted octanol–water partition coefficient (Wildman–Crippen LogP) is 3.54. The van der Waals surface area contributed by atoms with Crippen LogP contribution in [-0.2, 0) is 18.8 Å². The number of hydrogen-bond donors (Lipinski definition) is 0. The summed E-state index contributed by atoms with van der Waals surface area (Å²) in [4.78, 5) is 11.9. The van der Waals surface area contributed by atoms with Crippen molar-refractivity contribution in [2.45, 2.75) is 72.0 Å². The quantitative estimate of drug-likeness (QED) is 0.588. The number of carbonyl (C=O) groups is 1. The van der Waals surface area contributed by atoms with Crippen LogP contribution in [0, 0.1) is 11.8 Å². The van der Waals surface area contributed by atoms with Gasteiger partial charge in [-0.25, -0.2) is 0 Å². The predicted molar refractivity (Wildman–Crippen MR) is 87.3 cm³/mol. The molecule has 1 unspecified atom stereocenters. The van der Waals surface area contributed by atoms with Crippen molar-refractivity contribution in [1.82, 2.24) is 0 Å². The summed E-state index contributed by atoms with van der Waals surface area (Å²) in [5.74, 6) is 0.223. The molecule has 0 bridgehead atoms. The minimum absolute atomic E-state index is 0.0453. The van der Waals surface area contributed by atoms with Crippen molar-refractivity contribution in [3.63, 3.8) is 0 Å². The molecule has 2 aliphatic rings. The lowest BCUT2D eigenvalue weighted by Crippen LogP contribution is -2.41. The maximum Gasteiger partial charge on any atom is 0.490 e. The molecular weight excluding hydrogens is 279 g/mol. The highest BCUT2D eigenvalue weighted by atomic mass is 16.7. The van der Waals surface area contributed by atoms with Crippen LogP contribution in [-0.4, -0.2) is 30.9 Å². The van der Waals surface area contributed by atoms with Crippen LogP contribution >= 0.6 is 0 Å². The summed E-state index contributed by atoms with van der Waals surface area (Å²) in [6.07, 6.45) is 4.99. The molecule has 5 heteroatoms. The zero-order chi connectivity index (χ0) is 16.5. The van der Waals surface area contributed by atoms with Gasteiger partial charge < -0.3 is 14.0 Å². The van der Waals surface area contributed by atoms with Crippen molar-refractivity contribution >= 4 is 13.1 Å². The van der Waals surface area contributed by atoms with Gasteiger partial charge in [-0.3, -0.25) is 4.79 Å². The topological polar surface area (TPSA) is 44.8 Å². The number of esters is 1. The summed E-state index contributed by atoms with van der Waals surface area (Å²) in [6.45, 7) is 12.6. The van der Waals surface area contributed by atoms with Gasteiger partial charge in [0, 0.05) is 0 Å². The van der Waals surface area contributed by atoms with Crippen LogP contribution in [0.1, 0.15) is 60.8 Å². The monoisotopic (exact) mass is 308 g/mol. The molecule has 1 aliphatic carbocycles. The van der Waals surface area contributed by atoms with E-state index in [1.165, 1.54) is 5.47 Å². The van der Waals surface area contributed by atoms with E-state index in [1.54, 1.807) is 0 Å². The molecule has 0 aromatic heterocycles. The van der Waals surface area contributed by atoms with Crippen LogP contribution in [0.25, 0.3) is 0 Å². The molecule has 22 heavy (non-hydrogen) atoms. The first kappa shape index (κ1) is 17.5. The molecular formula is C17H29BO4. The van der Waals surface area contributed by atoms with Gasteiger partial charge in [0.05, 0.1) is 23.7 Å². The first-order valence-electron chi connectivity index (χ1n) is 8.39.